The van der Waals surface area contributed by atoms with E-state index < -0.39 is 0 Å². The summed E-state index contributed by atoms with van der Waals surface area (Å²) in [6.45, 7) is 6.96. The van der Waals surface area contributed by atoms with Crippen LogP contribution < -0.4 is 0 Å². The van der Waals surface area contributed by atoms with Crippen LogP contribution in [-0.4, -0.2) is 15.3 Å². The van der Waals surface area contributed by atoms with Gasteiger partial charge in [-0.1, -0.05) is 13.8 Å². The molecule has 0 N–H and O–H groups in total. The number of hydrogen-bond donors (Lipinski definition) is 0. The SMILES string of the molecule is CCn1ccnc1CCCC(=O)C(C)C. The van der Waals surface area contributed by atoms with Crippen molar-refractivity contribution in [2.45, 2.75) is 46.6 Å². The lowest BCUT2D eigenvalue weighted by atomic mass is 10.0. The van der Waals surface area contributed by atoms with Gasteiger partial charge in [-0.2, -0.15) is 0 Å². The summed E-state index contributed by atoms with van der Waals surface area (Å²) in [5, 5.41) is 0. The number of aryl methyl sites for hydroxylation is 2. The molecule has 0 bridgehead atoms. The topological polar surface area (TPSA) is 34.9 Å². The fourth-order valence-electron chi connectivity index (χ4n) is 1.57. The lowest BCUT2D eigenvalue weighted by Gasteiger charge is -2.05. The van der Waals surface area contributed by atoms with Gasteiger partial charge in [-0.05, 0) is 13.3 Å². The zero-order valence-corrected chi connectivity index (χ0v) is 9.86. The first-order chi connectivity index (χ1) is 7.15. The summed E-state index contributed by atoms with van der Waals surface area (Å²) < 4.78 is 2.12. The average Bonchev–Trinajstić information content (AvgIpc) is 2.65. The first kappa shape index (κ1) is 12.0. The second-order valence-corrected chi connectivity index (χ2v) is 4.10. The highest BCUT2D eigenvalue weighted by atomic mass is 16.1. The highest BCUT2D eigenvalue weighted by Crippen LogP contribution is 2.07. The molecule has 3 heteroatoms. The van der Waals surface area contributed by atoms with Crippen LogP contribution in [0.5, 0.6) is 0 Å². The summed E-state index contributed by atoms with van der Waals surface area (Å²) in [7, 11) is 0. The largest absolute Gasteiger partial charge is 0.335 e. The van der Waals surface area contributed by atoms with Crippen molar-refractivity contribution >= 4 is 5.78 Å². The van der Waals surface area contributed by atoms with Gasteiger partial charge in [0.15, 0.2) is 0 Å². The van der Waals surface area contributed by atoms with Gasteiger partial charge in [0.2, 0.25) is 0 Å². The molecule has 84 valence electrons. The number of nitrogens with zero attached hydrogens (tertiary/aromatic N) is 2. The van der Waals surface area contributed by atoms with Crippen molar-refractivity contribution in [1.29, 1.82) is 0 Å². The predicted octanol–water partition coefficient (Wildman–Crippen LogP) is 2.45. The summed E-state index contributed by atoms with van der Waals surface area (Å²) in [4.78, 5) is 15.7. The van der Waals surface area contributed by atoms with Gasteiger partial charge in [0.1, 0.15) is 11.6 Å². The van der Waals surface area contributed by atoms with E-state index in [1.54, 1.807) is 0 Å². The second kappa shape index (κ2) is 5.69. The van der Waals surface area contributed by atoms with Crippen LogP contribution >= 0.6 is 0 Å². The van der Waals surface area contributed by atoms with Gasteiger partial charge < -0.3 is 4.57 Å². The number of ketones is 1. The number of rotatable bonds is 6. The number of Topliss-reactive ketones (excluding diaryl/α,β-unsaturated/α-hetero) is 1. The summed E-state index contributed by atoms with van der Waals surface area (Å²) in [6, 6.07) is 0. The number of aromatic nitrogens is 2. The third-order valence-corrected chi connectivity index (χ3v) is 2.61. The minimum atomic E-state index is 0.163. The third kappa shape index (κ3) is 3.50. The molecule has 0 saturated carbocycles. The summed E-state index contributed by atoms with van der Waals surface area (Å²) >= 11 is 0. The summed E-state index contributed by atoms with van der Waals surface area (Å²) in [6.07, 6.45) is 6.30. The van der Waals surface area contributed by atoms with Crippen LogP contribution in [-0.2, 0) is 17.8 Å². The van der Waals surface area contributed by atoms with Gasteiger partial charge in [-0.15, -0.1) is 0 Å². The maximum absolute atomic E-state index is 11.4. The molecule has 0 fully saturated rings. The van der Waals surface area contributed by atoms with E-state index >= 15 is 0 Å². The van der Waals surface area contributed by atoms with Gasteiger partial charge in [0.25, 0.3) is 0 Å². The Morgan fingerprint density at radius 2 is 2.27 bits per heavy atom. The second-order valence-electron chi connectivity index (χ2n) is 4.10. The van der Waals surface area contributed by atoms with Crippen LogP contribution in [0.3, 0.4) is 0 Å². The Kier molecular flexibility index (Phi) is 4.53. The number of carbonyl (C=O) groups excluding carboxylic acids is 1. The molecule has 1 rings (SSSR count). The Labute approximate surface area is 91.5 Å². The van der Waals surface area contributed by atoms with Gasteiger partial charge >= 0.3 is 0 Å². The molecule has 0 atom stereocenters. The molecule has 0 amide bonds. The Hall–Kier alpha value is -1.12. The molecular weight excluding hydrogens is 188 g/mol. The molecule has 0 aromatic carbocycles. The minimum absolute atomic E-state index is 0.163. The average molecular weight is 208 g/mol. The van der Waals surface area contributed by atoms with Crippen molar-refractivity contribution in [3.63, 3.8) is 0 Å². The highest BCUT2D eigenvalue weighted by Gasteiger charge is 2.07. The molecule has 0 aliphatic rings. The lowest BCUT2D eigenvalue weighted by molar-refractivity contribution is -0.121. The molecule has 15 heavy (non-hydrogen) atoms. The van der Waals surface area contributed by atoms with Gasteiger partial charge in [0.05, 0.1) is 0 Å². The third-order valence-electron chi connectivity index (χ3n) is 2.61. The van der Waals surface area contributed by atoms with E-state index in [1.807, 2.05) is 26.2 Å². The number of imidazole rings is 1. The highest BCUT2D eigenvalue weighted by molar-refractivity contribution is 5.80. The molecule has 1 aromatic rings. The molecule has 1 aromatic heterocycles. The normalized spacial score (nSPS) is 10.9. The monoisotopic (exact) mass is 208 g/mol. The van der Waals surface area contributed by atoms with E-state index in [9.17, 15) is 4.79 Å². The van der Waals surface area contributed by atoms with Gasteiger partial charge in [-0.25, -0.2) is 4.98 Å². The molecule has 0 unspecified atom stereocenters. The van der Waals surface area contributed by atoms with E-state index in [0.29, 0.717) is 12.2 Å². The molecule has 3 nitrogen and oxygen atoms in total. The van der Waals surface area contributed by atoms with Gasteiger partial charge in [-0.3, -0.25) is 4.79 Å². The Bertz CT molecular complexity index is 315. The number of carbonyl (C=O) groups is 1. The van der Waals surface area contributed by atoms with E-state index in [-0.39, 0.29) is 5.92 Å². The van der Waals surface area contributed by atoms with Crippen molar-refractivity contribution in [2.75, 3.05) is 0 Å². The van der Waals surface area contributed by atoms with Gasteiger partial charge in [0, 0.05) is 37.7 Å². The molecule has 0 spiro atoms. The van der Waals surface area contributed by atoms with Crippen molar-refractivity contribution in [3.8, 4) is 0 Å². The van der Waals surface area contributed by atoms with E-state index in [2.05, 4.69) is 16.5 Å². The molecule has 0 aliphatic heterocycles. The molecule has 0 saturated heterocycles. The van der Waals surface area contributed by atoms with Crippen molar-refractivity contribution < 1.29 is 4.79 Å². The molecule has 1 heterocycles. The smallest absolute Gasteiger partial charge is 0.135 e. The quantitative estimate of drug-likeness (QED) is 0.719. The lowest BCUT2D eigenvalue weighted by Crippen LogP contribution is -2.08. The zero-order valence-electron chi connectivity index (χ0n) is 9.86. The summed E-state index contributed by atoms with van der Waals surface area (Å²) in [5.74, 6) is 1.61. The first-order valence-electron chi connectivity index (χ1n) is 5.67. The van der Waals surface area contributed by atoms with Crippen LogP contribution in [0.4, 0.5) is 0 Å². The minimum Gasteiger partial charge on any atom is -0.335 e. The number of hydrogen-bond acceptors (Lipinski definition) is 2. The summed E-state index contributed by atoms with van der Waals surface area (Å²) in [5.41, 5.74) is 0. The van der Waals surface area contributed by atoms with Crippen molar-refractivity contribution in [2.24, 2.45) is 5.92 Å². The Balaban J connectivity index is 2.35. The van der Waals surface area contributed by atoms with Crippen LogP contribution in [0, 0.1) is 5.92 Å². The van der Waals surface area contributed by atoms with E-state index in [0.717, 1.165) is 25.2 Å². The zero-order chi connectivity index (χ0) is 11.3. The fourth-order valence-corrected chi connectivity index (χ4v) is 1.57. The first-order valence-corrected chi connectivity index (χ1v) is 5.67. The Morgan fingerprint density at radius 1 is 1.53 bits per heavy atom. The maximum atomic E-state index is 11.4. The molecular formula is C12H20N2O. The molecule has 0 aliphatic carbocycles. The Morgan fingerprint density at radius 3 is 2.87 bits per heavy atom. The van der Waals surface area contributed by atoms with Crippen molar-refractivity contribution in [3.05, 3.63) is 18.2 Å². The van der Waals surface area contributed by atoms with Crippen LogP contribution in [0.25, 0.3) is 0 Å². The van der Waals surface area contributed by atoms with Crippen LogP contribution in [0.1, 0.15) is 39.4 Å². The van der Waals surface area contributed by atoms with Crippen LogP contribution in [0.15, 0.2) is 12.4 Å². The molecule has 0 radical (unpaired) electrons. The van der Waals surface area contributed by atoms with Crippen LogP contribution in [0.2, 0.25) is 0 Å². The standard InChI is InChI=1S/C12H20N2O/c1-4-14-9-8-13-12(14)7-5-6-11(15)10(2)3/h8-10H,4-7H2,1-3H3. The van der Waals surface area contributed by atoms with E-state index in [4.69, 9.17) is 0 Å². The fraction of sp³-hybridized carbons (Fsp3) is 0.667. The maximum Gasteiger partial charge on any atom is 0.135 e. The van der Waals surface area contributed by atoms with Crippen molar-refractivity contribution in [1.82, 2.24) is 9.55 Å². The van der Waals surface area contributed by atoms with E-state index in [1.165, 1.54) is 0 Å². The predicted molar refractivity (Wildman–Crippen MR) is 60.7 cm³/mol.